The number of benzene rings is 3. The first-order valence-electron chi connectivity index (χ1n) is 9.29. The van der Waals surface area contributed by atoms with E-state index in [1.54, 1.807) is 42.5 Å². The van der Waals surface area contributed by atoms with E-state index < -0.39 is 28.3 Å². The summed E-state index contributed by atoms with van der Waals surface area (Å²) >= 11 is 12.1. The highest BCUT2D eigenvalue weighted by Gasteiger charge is 2.27. The number of anilines is 1. The van der Waals surface area contributed by atoms with Crippen LogP contribution in [0.5, 0.6) is 0 Å². The van der Waals surface area contributed by atoms with Gasteiger partial charge in [0, 0.05) is 5.56 Å². The molecule has 32 heavy (non-hydrogen) atoms. The topological polar surface area (TPSA) is 78.8 Å². The van der Waals surface area contributed by atoms with Gasteiger partial charge < -0.3 is 0 Å². The molecule has 0 atom stereocenters. The van der Waals surface area contributed by atoms with Gasteiger partial charge in [0.05, 0.1) is 26.8 Å². The van der Waals surface area contributed by atoms with E-state index in [0.717, 1.165) is 34.1 Å². The van der Waals surface area contributed by atoms with Gasteiger partial charge in [0.15, 0.2) is 0 Å². The van der Waals surface area contributed by atoms with E-state index >= 15 is 0 Å². The van der Waals surface area contributed by atoms with Crippen molar-refractivity contribution >= 4 is 51.0 Å². The van der Waals surface area contributed by atoms with Gasteiger partial charge in [-0.05, 0) is 55.5 Å². The van der Waals surface area contributed by atoms with Gasteiger partial charge in [0.2, 0.25) is 0 Å². The van der Waals surface area contributed by atoms with Crippen LogP contribution in [0.15, 0.2) is 76.7 Å². The van der Waals surface area contributed by atoms with Gasteiger partial charge in [-0.3, -0.25) is 9.10 Å². The molecule has 0 aliphatic carbocycles. The molecular formula is C22H18Cl2FN3O3S. The van der Waals surface area contributed by atoms with Gasteiger partial charge in [-0.1, -0.05) is 47.0 Å². The fourth-order valence-electron chi connectivity index (χ4n) is 2.73. The minimum absolute atomic E-state index is 0.154. The van der Waals surface area contributed by atoms with Gasteiger partial charge in [-0.2, -0.15) is 5.10 Å². The molecule has 6 nitrogen and oxygen atoms in total. The number of carbonyl (C=O) groups is 1. The number of amides is 1. The maximum absolute atomic E-state index is 13.3. The quantitative estimate of drug-likeness (QED) is 0.379. The van der Waals surface area contributed by atoms with Gasteiger partial charge in [-0.15, -0.1) is 0 Å². The molecule has 0 fully saturated rings. The summed E-state index contributed by atoms with van der Waals surface area (Å²) in [5.74, 6) is -1.27. The van der Waals surface area contributed by atoms with Gasteiger partial charge in [-0.25, -0.2) is 18.2 Å². The molecule has 0 unspecified atom stereocenters. The number of hydrogen-bond donors (Lipinski definition) is 1. The van der Waals surface area contributed by atoms with Crippen LogP contribution in [0.1, 0.15) is 11.1 Å². The Hall–Kier alpha value is -2.94. The van der Waals surface area contributed by atoms with Crippen molar-refractivity contribution < 1.29 is 17.6 Å². The second-order valence-corrected chi connectivity index (χ2v) is 9.41. The summed E-state index contributed by atoms with van der Waals surface area (Å²) in [5, 5.41) is 4.51. The number of rotatable bonds is 7. The highest BCUT2D eigenvalue weighted by atomic mass is 35.5. The lowest BCUT2D eigenvalue weighted by molar-refractivity contribution is -0.119. The average molecular weight is 494 g/mol. The molecular weight excluding hydrogens is 476 g/mol. The Bertz CT molecular complexity index is 1230. The summed E-state index contributed by atoms with van der Waals surface area (Å²) in [7, 11) is -4.16. The molecule has 3 aromatic carbocycles. The largest absolute Gasteiger partial charge is 0.271 e. The Morgan fingerprint density at radius 2 is 1.62 bits per heavy atom. The highest BCUT2D eigenvalue weighted by Crippen LogP contribution is 2.24. The normalized spacial score (nSPS) is 11.5. The number of halogens is 3. The van der Waals surface area contributed by atoms with E-state index in [1.807, 2.05) is 6.92 Å². The summed E-state index contributed by atoms with van der Waals surface area (Å²) < 4.78 is 40.6. The monoisotopic (exact) mass is 493 g/mol. The lowest BCUT2D eigenvalue weighted by Crippen LogP contribution is -2.39. The summed E-state index contributed by atoms with van der Waals surface area (Å²) in [6.45, 7) is 1.29. The second-order valence-electron chi connectivity index (χ2n) is 6.73. The minimum atomic E-state index is -4.16. The third-order valence-electron chi connectivity index (χ3n) is 4.39. The number of nitrogens with one attached hydrogen (secondary N) is 1. The number of hydrazone groups is 1. The lowest BCUT2D eigenvalue weighted by atomic mass is 10.2. The molecule has 3 aromatic rings. The third-order valence-corrected chi connectivity index (χ3v) is 6.84. The Morgan fingerprint density at radius 1 is 1.03 bits per heavy atom. The summed E-state index contributed by atoms with van der Waals surface area (Å²) in [6.07, 6.45) is 1.27. The first kappa shape index (κ1) is 23.7. The molecule has 0 saturated heterocycles. The first-order valence-corrected chi connectivity index (χ1v) is 11.5. The molecule has 0 aromatic heterocycles. The predicted molar refractivity (Wildman–Crippen MR) is 124 cm³/mol. The zero-order valence-corrected chi connectivity index (χ0v) is 19.1. The number of carbonyl (C=O) groups excluding carboxylic acids is 1. The zero-order chi connectivity index (χ0) is 23.3. The number of sulfonamides is 1. The van der Waals surface area contributed by atoms with Crippen molar-refractivity contribution in [1.82, 2.24) is 5.43 Å². The van der Waals surface area contributed by atoms with Crippen molar-refractivity contribution in [2.24, 2.45) is 5.10 Å². The lowest BCUT2D eigenvalue weighted by Gasteiger charge is -2.23. The molecule has 3 rings (SSSR count). The standard InChI is InChI=1S/C22H18Cl2FN3O3S/c1-15-5-9-17(10-6-15)28(32(30,31)18-11-7-16(25)8-12-18)14-22(29)27-26-13-19-20(23)3-2-4-21(19)24/h2-13H,14H2,1H3,(H,27,29). The molecule has 0 saturated carbocycles. The number of nitrogens with zero attached hydrogens (tertiary/aromatic N) is 2. The SMILES string of the molecule is Cc1ccc(N(CC(=O)NN=Cc2c(Cl)cccc2Cl)S(=O)(=O)c2ccc(F)cc2)cc1. The Balaban J connectivity index is 1.85. The van der Waals surface area contributed by atoms with Crippen molar-refractivity contribution in [3.63, 3.8) is 0 Å². The Morgan fingerprint density at radius 3 is 2.22 bits per heavy atom. The first-order chi connectivity index (χ1) is 15.2. The fraction of sp³-hybridized carbons (Fsp3) is 0.0909. The maximum Gasteiger partial charge on any atom is 0.264 e. The van der Waals surface area contributed by atoms with E-state index in [-0.39, 0.29) is 10.6 Å². The van der Waals surface area contributed by atoms with Crippen LogP contribution in [0.4, 0.5) is 10.1 Å². The van der Waals surface area contributed by atoms with Crippen LogP contribution in [0.2, 0.25) is 10.0 Å². The van der Waals surface area contributed by atoms with Crippen LogP contribution in [-0.2, 0) is 14.8 Å². The molecule has 10 heteroatoms. The summed E-state index contributed by atoms with van der Waals surface area (Å²) in [6, 6.07) is 15.9. The van der Waals surface area contributed by atoms with Crippen LogP contribution >= 0.6 is 23.2 Å². The molecule has 1 amide bonds. The van der Waals surface area contributed by atoms with Crippen LogP contribution < -0.4 is 9.73 Å². The van der Waals surface area contributed by atoms with Crippen LogP contribution in [0.25, 0.3) is 0 Å². The van der Waals surface area contributed by atoms with Crippen molar-refractivity contribution in [2.45, 2.75) is 11.8 Å². The van der Waals surface area contributed by atoms with Crippen molar-refractivity contribution in [2.75, 3.05) is 10.8 Å². The summed E-state index contributed by atoms with van der Waals surface area (Å²) in [4.78, 5) is 12.4. The van der Waals surface area contributed by atoms with Crippen molar-refractivity contribution in [3.05, 3.63) is 93.7 Å². The fourth-order valence-corrected chi connectivity index (χ4v) is 4.64. The van der Waals surface area contributed by atoms with Gasteiger partial charge in [0.25, 0.3) is 15.9 Å². The maximum atomic E-state index is 13.3. The van der Waals surface area contributed by atoms with Gasteiger partial charge >= 0.3 is 0 Å². The molecule has 0 aliphatic heterocycles. The van der Waals surface area contributed by atoms with Gasteiger partial charge in [0.1, 0.15) is 12.4 Å². The Kier molecular flexibility index (Phi) is 7.50. The average Bonchev–Trinajstić information content (AvgIpc) is 2.75. The summed E-state index contributed by atoms with van der Waals surface area (Å²) in [5.41, 5.74) is 3.87. The van der Waals surface area contributed by atoms with E-state index in [9.17, 15) is 17.6 Å². The Labute approximate surface area is 195 Å². The molecule has 0 aliphatic rings. The smallest absolute Gasteiger partial charge is 0.264 e. The van der Waals surface area contributed by atoms with Crippen LogP contribution in [0.3, 0.4) is 0 Å². The molecule has 0 spiro atoms. The van der Waals surface area contributed by atoms with E-state index in [1.165, 1.54) is 6.21 Å². The van der Waals surface area contributed by atoms with E-state index in [2.05, 4.69) is 10.5 Å². The van der Waals surface area contributed by atoms with Crippen LogP contribution in [0, 0.1) is 12.7 Å². The molecule has 0 heterocycles. The number of hydrogen-bond acceptors (Lipinski definition) is 4. The van der Waals surface area contributed by atoms with Crippen molar-refractivity contribution in [1.29, 1.82) is 0 Å². The zero-order valence-electron chi connectivity index (χ0n) is 16.8. The van der Waals surface area contributed by atoms with Crippen LogP contribution in [-0.4, -0.2) is 27.1 Å². The molecule has 1 N–H and O–H groups in total. The second kappa shape index (κ2) is 10.1. The van der Waals surface area contributed by atoms with E-state index in [0.29, 0.717) is 15.6 Å². The molecule has 0 bridgehead atoms. The number of aryl methyl sites for hydroxylation is 1. The highest BCUT2D eigenvalue weighted by molar-refractivity contribution is 7.92. The van der Waals surface area contributed by atoms with Crippen molar-refractivity contribution in [3.8, 4) is 0 Å². The minimum Gasteiger partial charge on any atom is -0.271 e. The van der Waals surface area contributed by atoms with E-state index in [4.69, 9.17) is 23.2 Å². The molecule has 166 valence electrons. The molecule has 0 radical (unpaired) electrons. The predicted octanol–water partition coefficient (Wildman–Crippen LogP) is 4.79. The third kappa shape index (κ3) is 5.64.